The van der Waals surface area contributed by atoms with E-state index in [1.54, 1.807) is 12.1 Å². The molecule has 0 saturated carbocycles. The molecule has 0 aliphatic carbocycles. The van der Waals surface area contributed by atoms with Crippen LogP contribution in [-0.2, 0) is 0 Å². The zero-order valence-corrected chi connectivity index (χ0v) is 14.0. The Morgan fingerprint density at radius 1 is 0.958 bits per heavy atom. The monoisotopic (exact) mass is 358 g/mol. The van der Waals surface area contributed by atoms with Gasteiger partial charge in [0.25, 0.3) is 0 Å². The molecule has 0 aliphatic rings. The Hall–Kier alpha value is -2.24. The van der Waals surface area contributed by atoms with Crippen molar-refractivity contribution in [2.75, 3.05) is 5.75 Å². The van der Waals surface area contributed by atoms with Gasteiger partial charge in [-0.05, 0) is 48.5 Å². The first-order valence-electron chi connectivity index (χ1n) is 7.13. The fourth-order valence-corrected chi connectivity index (χ4v) is 2.86. The minimum Gasteiger partial charge on any atom is -0.293 e. The zero-order valence-electron chi connectivity index (χ0n) is 12.4. The minimum absolute atomic E-state index is 0.0800. The van der Waals surface area contributed by atoms with Crippen LogP contribution in [0.25, 0.3) is 11.3 Å². The lowest BCUT2D eigenvalue weighted by Crippen LogP contribution is -2.02. The normalized spacial score (nSPS) is 10.6. The van der Waals surface area contributed by atoms with E-state index in [9.17, 15) is 9.18 Å². The first-order chi connectivity index (χ1) is 11.6. The summed E-state index contributed by atoms with van der Waals surface area (Å²) in [5.74, 6) is -0.216. The maximum absolute atomic E-state index is 12.9. The van der Waals surface area contributed by atoms with Crippen LogP contribution in [0.5, 0.6) is 0 Å². The fourth-order valence-electron chi connectivity index (χ4n) is 2.03. The van der Waals surface area contributed by atoms with Gasteiger partial charge in [-0.1, -0.05) is 35.5 Å². The molecule has 0 N–H and O–H groups in total. The van der Waals surface area contributed by atoms with E-state index in [1.165, 1.54) is 36.0 Å². The Kier molecular flexibility index (Phi) is 5.23. The van der Waals surface area contributed by atoms with Crippen molar-refractivity contribution in [1.29, 1.82) is 0 Å². The highest BCUT2D eigenvalue weighted by molar-refractivity contribution is 7.99. The molecule has 0 saturated heterocycles. The largest absolute Gasteiger partial charge is 0.293 e. The van der Waals surface area contributed by atoms with E-state index in [4.69, 9.17) is 11.6 Å². The average molecular weight is 359 g/mol. The van der Waals surface area contributed by atoms with Gasteiger partial charge in [-0.25, -0.2) is 4.39 Å². The smallest absolute Gasteiger partial charge is 0.173 e. The first kappa shape index (κ1) is 16.6. The molecule has 0 atom stereocenters. The van der Waals surface area contributed by atoms with Gasteiger partial charge in [0.05, 0.1) is 11.4 Å². The summed E-state index contributed by atoms with van der Waals surface area (Å²) in [6.45, 7) is 0. The molecule has 3 aromatic rings. The molecule has 0 fully saturated rings. The lowest BCUT2D eigenvalue weighted by molar-refractivity contribution is 0.102. The Morgan fingerprint density at radius 2 is 1.67 bits per heavy atom. The van der Waals surface area contributed by atoms with E-state index in [-0.39, 0.29) is 17.4 Å². The van der Waals surface area contributed by atoms with Crippen LogP contribution in [-0.4, -0.2) is 21.7 Å². The van der Waals surface area contributed by atoms with Crippen molar-refractivity contribution in [3.05, 3.63) is 77.1 Å². The maximum atomic E-state index is 12.9. The number of ketones is 1. The number of nitrogens with zero attached hydrogens (tertiary/aromatic N) is 2. The van der Waals surface area contributed by atoms with Gasteiger partial charge in [0, 0.05) is 16.1 Å². The number of Topliss-reactive ketones (excluding diaryl/α,β-unsaturated/α-hetero) is 1. The second-order valence-electron chi connectivity index (χ2n) is 4.98. The van der Waals surface area contributed by atoms with Crippen molar-refractivity contribution >= 4 is 29.1 Å². The van der Waals surface area contributed by atoms with Crippen molar-refractivity contribution in [2.45, 2.75) is 5.03 Å². The van der Waals surface area contributed by atoms with Gasteiger partial charge in [0.1, 0.15) is 10.8 Å². The predicted molar refractivity (Wildman–Crippen MR) is 93.9 cm³/mol. The van der Waals surface area contributed by atoms with Crippen LogP contribution in [0, 0.1) is 5.82 Å². The third kappa shape index (κ3) is 4.19. The van der Waals surface area contributed by atoms with Gasteiger partial charge >= 0.3 is 0 Å². The molecule has 1 heterocycles. The molecule has 0 radical (unpaired) electrons. The summed E-state index contributed by atoms with van der Waals surface area (Å²) in [5, 5.41) is 9.61. The average Bonchev–Trinajstić information content (AvgIpc) is 2.61. The second kappa shape index (κ2) is 7.55. The van der Waals surface area contributed by atoms with Crippen molar-refractivity contribution in [3.63, 3.8) is 0 Å². The van der Waals surface area contributed by atoms with Crippen molar-refractivity contribution < 1.29 is 9.18 Å². The molecule has 120 valence electrons. The predicted octanol–water partition coefficient (Wildman–Crippen LogP) is 4.91. The quantitative estimate of drug-likeness (QED) is 0.480. The van der Waals surface area contributed by atoms with E-state index >= 15 is 0 Å². The molecule has 0 aliphatic heterocycles. The highest BCUT2D eigenvalue weighted by Gasteiger charge is 2.08. The van der Waals surface area contributed by atoms with E-state index in [0.717, 1.165) is 11.3 Å². The molecule has 0 amide bonds. The number of hydrogen-bond acceptors (Lipinski definition) is 4. The molecule has 3 nitrogen and oxygen atoms in total. The summed E-state index contributed by atoms with van der Waals surface area (Å²) in [4.78, 5) is 12.0. The highest BCUT2D eigenvalue weighted by Crippen LogP contribution is 2.22. The lowest BCUT2D eigenvalue weighted by Gasteiger charge is -2.03. The van der Waals surface area contributed by atoms with Crippen molar-refractivity contribution in [2.24, 2.45) is 0 Å². The van der Waals surface area contributed by atoms with Crippen LogP contribution >= 0.6 is 23.4 Å². The number of carbonyl (C=O) groups excluding carboxylic acids is 1. The number of halogens is 2. The topological polar surface area (TPSA) is 42.9 Å². The number of hydrogen-bond donors (Lipinski definition) is 0. The number of carbonyl (C=O) groups is 1. The van der Waals surface area contributed by atoms with Crippen LogP contribution in [0.1, 0.15) is 10.4 Å². The maximum Gasteiger partial charge on any atom is 0.173 e. The standard InChI is InChI=1S/C18H12ClFN2OS/c19-14-5-1-12(2-6-14)16-9-10-18(22-21-16)24-11-17(23)13-3-7-15(20)8-4-13/h1-10H,11H2. The summed E-state index contributed by atoms with van der Waals surface area (Å²) in [6, 6.07) is 16.5. The fraction of sp³-hybridized carbons (Fsp3) is 0.0556. The lowest BCUT2D eigenvalue weighted by atomic mass is 10.1. The summed E-state index contributed by atoms with van der Waals surface area (Å²) < 4.78 is 12.9. The summed E-state index contributed by atoms with van der Waals surface area (Å²) in [7, 11) is 0. The van der Waals surface area contributed by atoms with Gasteiger partial charge < -0.3 is 0 Å². The van der Waals surface area contributed by atoms with Crippen molar-refractivity contribution in [1.82, 2.24) is 10.2 Å². The molecule has 1 aromatic heterocycles. The minimum atomic E-state index is -0.358. The zero-order chi connectivity index (χ0) is 16.9. The molecule has 0 spiro atoms. The SMILES string of the molecule is O=C(CSc1ccc(-c2ccc(Cl)cc2)nn1)c1ccc(F)cc1. The first-order valence-corrected chi connectivity index (χ1v) is 8.49. The Morgan fingerprint density at radius 3 is 2.29 bits per heavy atom. The van der Waals surface area contributed by atoms with Crippen LogP contribution < -0.4 is 0 Å². The van der Waals surface area contributed by atoms with E-state index in [0.29, 0.717) is 15.6 Å². The molecular formula is C18H12ClFN2OS. The molecule has 24 heavy (non-hydrogen) atoms. The third-order valence-corrected chi connectivity index (χ3v) is 4.47. The van der Waals surface area contributed by atoms with Gasteiger partial charge in [0.15, 0.2) is 5.78 Å². The van der Waals surface area contributed by atoms with Gasteiger partial charge in [0.2, 0.25) is 0 Å². The van der Waals surface area contributed by atoms with Crippen LogP contribution in [0.3, 0.4) is 0 Å². The van der Waals surface area contributed by atoms with Crippen LogP contribution in [0.2, 0.25) is 5.02 Å². The second-order valence-corrected chi connectivity index (χ2v) is 6.41. The molecule has 0 unspecified atom stereocenters. The Balaban J connectivity index is 1.63. The molecule has 2 aromatic carbocycles. The Labute approximate surface area is 147 Å². The van der Waals surface area contributed by atoms with Crippen molar-refractivity contribution in [3.8, 4) is 11.3 Å². The van der Waals surface area contributed by atoms with Gasteiger partial charge in [-0.3, -0.25) is 4.79 Å². The van der Waals surface area contributed by atoms with Crippen LogP contribution in [0.15, 0.2) is 65.7 Å². The number of aromatic nitrogens is 2. The summed E-state index contributed by atoms with van der Waals surface area (Å²) in [6.07, 6.45) is 0. The number of benzene rings is 2. The van der Waals surface area contributed by atoms with E-state index in [2.05, 4.69) is 10.2 Å². The van der Waals surface area contributed by atoms with Gasteiger partial charge in [-0.2, -0.15) is 0 Å². The molecular weight excluding hydrogens is 347 g/mol. The highest BCUT2D eigenvalue weighted by atomic mass is 35.5. The van der Waals surface area contributed by atoms with Gasteiger partial charge in [-0.15, -0.1) is 10.2 Å². The molecule has 6 heteroatoms. The number of rotatable bonds is 5. The summed E-state index contributed by atoms with van der Waals surface area (Å²) >= 11 is 7.16. The Bertz CT molecular complexity index is 836. The van der Waals surface area contributed by atoms with E-state index in [1.807, 2.05) is 24.3 Å². The number of thioether (sulfide) groups is 1. The molecule has 3 rings (SSSR count). The summed E-state index contributed by atoms with van der Waals surface area (Å²) in [5.41, 5.74) is 2.14. The third-order valence-electron chi connectivity index (χ3n) is 3.30. The van der Waals surface area contributed by atoms with Crippen LogP contribution in [0.4, 0.5) is 4.39 Å². The molecule has 0 bridgehead atoms. The van der Waals surface area contributed by atoms with E-state index < -0.39 is 0 Å².